The van der Waals surface area contributed by atoms with Crippen molar-refractivity contribution in [2.75, 3.05) is 40.3 Å². The monoisotopic (exact) mass is 492 g/mol. The maximum atomic E-state index is 4.52. The van der Waals surface area contributed by atoms with Crippen LogP contribution in [0.5, 0.6) is 0 Å². The number of allylic oxidation sites excluding steroid dienone is 4. The highest BCUT2D eigenvalue weighted by atomic mass is 15.2. The normalized spacial score (nSPS) is 32.8. The lowest BCUT2D eigenvalue weighted by Crippen LogP contribution is -2.38. The van der Waals surface area contributed by atoms with Crippen molar-refractivity contribution in [2.45, 2.75) is 66.2 Å². The molecule has 2 saturated carbocycles. The minimum absolute atomic E-state index is 0.173. The average molecular weight is 493 g/mol. The third kappa shape index (κ3) is 7.45. The van der Waals surface area contributed by atoms with Gasteiger partial charge in [0.25, 0.3) is 0 Å². The summed E-state index contributed by atoms with van der Waals surface area (Å²) in [6, 6.07) is 0. The molecule has 2 fully saturated rings. The van der Waals surface area contributed by atoms with Crippen LogP contribution in [0.4, 0.5) is 0 Å². The van der Waals surface area contributed by atoms with Gasteiger partial charge in [0.1, 0.15) is 0 Å². The van der Waals surface area contributed by atoms with Crippen LogP contribution in [0.1, 0.15) is 66.2 Å². The molecule has 2 aliphatic carbocycles. The molecular weight excluding hydrogens is 436 g/mol. The van der Waals surface area contributed by atoms with Gasteiger partial charge in [-0.25, -0.2) is 0 Å². The summed E-state index contributed by atoms with van der Waals surface area (Å²) in [5.74, 6) is 2.16. The van der Waals surface area contributed by atoms with E-state index in [4.69, 9.17) is 0 Å². The number of rotatable bonds is 13. The van der Waals surface area contributed by atoms with Crippen molar-refractivity contribution in [1.82, 2.24) is 9.80 Å². The molecule has 6 atom stereocenters. The van der Waals surface area contributed by atoms with Gasteiger partial charge in [-0.2, -0.15) is 0 Å². The first-order chi connectivity index (χ1) is 16.8. The predicted octanol–water partition coefficient (Wildman–Crippen LogP) is 8.33. The van der Waals surface area contributed by atoms with Crippen LogP contribution in [-0.4, -0.2) is 50.1 Å². The Morgan fingerprint density at radius 2 is 1.06 bits per heavy atom. The van der Waals surface area contributed by atoms with Crippen LogP contribution >= 0.6 is 0 Å². The summed E-state index contributed by atoms with van der Waals surface area (Å²) in [6.45, 7) is 39.0. The molecule has 0 aromatic heterocycles. The van der Waals surface area contributed by atoms with E-state index in [9.17, 15) is 0 Å². The lowest BCUT2D eigenvalue weighted by molar-refractivity contribution is 0.161. The van der Waals surface area contributed by atoms with Crippen LogP contribution in [0.2, 0.25) is 0 Å². The summed E-state index contributed by atoms with van der Waals surface area (Å²) in [6.07, 6.45) is 11.4. The molecule has 0 saturated heterocycles. The first-order valence-electron chi connectivity index (χ1n) is 14.1. The minimum Gasteiger partial charge on any atom is -0.301 e. The first-order valence-corrected chi connectivity index (χ1v) is 14.1. The smallest absolute Gasteiger partial charge is 0.0190 e. The molecule has 0 bridgehead atoms. The van der Waals surface area contributed by atoms with Crippen molar-refractivity contribution in [3.8, 4) is 0 Å². The molecule has 2 heteroatoms. The number of nitrogens with zero attached hydrogens (tertiary/aromatic N) is 2. The summed E-state index contributed by atoms with van der Waals surface area (Å²) in [5, 5.41) is 0. The summed E-state index contributed by atoms with van der Waals surface area (Å²) < 4.78 is 0. The standard InChI is InChI=1S/C34H56N2/c1-13-33(9)17-15-29(21-31(33)25(3)4)27(7)23-35(11)19-20-36(12)24-28(8)30-16-18-34(10,14-2)32(22-30)26(5)6/h13-14,29-32H,1-3,5,7-8,15-24H2,4,6,9-12H3/t29-,30-,31+,32+,33-,34-/m1/s1. The summed E-state index contributed by atoms with van der Waals surface area (Å²) >= 11 is 0. The molecule has 0 N–H and O–H groups in total. The van der Waals surface area contributed by atoms with Gasteiger partial charge in [0.05, 0.1) is 0 Å². The van der Waals surface area contributed by atoms with E-state index in [1.807, 2.05) is 0 Å². The summed E-state index contributed by atoms with van der Waals surface area (Å²) in [4.78, 5) is 4.87. The van der Waals surface area contributed by atoms with Gasteiger partial charge >= 0.3 is 0 Å². The zero-order valence-corrected chi connectivity index (χ0v) is 24.7. The molecule has 0 heterocycles. The third-order valence-electron chi connectivity index (χ3n) is 9.78. The van der Waals surface area contributed by atoms with E-state index < -0.39 is 0 Å². The van der Waals surface area contributed by atoms with Crippen LogP contribution in [-0.2, 0) is 0 Å². The highest BCUT2D eigenvalue weighted by molar-refractivity contribution is 5.18. The van der Waals surface area contributed by atoms with E-state index in [1.165, 1.54) is 48.0 Å². The molecule has 0 aromatic rings. The second-order valence-corrected chi connectivity index (χ2v) is 13.0. The van der Waals surface area contributed by atoms with Crippen molar-refractivity contribution < 1.29 is 0 Å². The zero-order chi connectivity index (χ0) is 27.3. The molecule has 202 valence electrons. The van der Waals surface area contributed by atoms with Crippen molar-refractivity contribution in [2.24, 2.45) is 34.5 Å². The fourth-order valence-corrected chi connectivity index (χ4v) is 6.87. The zero-order valence-electron chi connectivity index (χ0n) is 24.7. The van der Waals surface area contributed by atoms with Crippen molar-refractivity contribution in [3.63, 3.8) is 0 Å². The van der Waals surface area contributed by atoms with E-state index in [0.29, 0.717) is 23.7 Å². The van der Waals surface area contributed by atoms with Crippen LogP contribution in [0.25, 0.3) is 0 Å². The van der Waals surface area contributed by atoms with Crippen molar-refractivity contribution in [1.29, 1.82) is 0 Å². The summed E-state index contributed by atoms with van der Waals surface area (Å²) in [5.41, 5.74) is 5.67. The van der Waals surface area contributed by atoms with Gasteiger partial charge in [-0.3, -0.25) is 0 Å². The van der Waals surface area contributed by atoms with Gasteiger partial charge in [0.2, 0.25) is 0 Å². The second kappa shape index (κ2) is 12.7. The minimum atomic E-state index is 0.173. The lowest BCUT2D eigenvalue weighted by Gasteiger charge is -2.44. The highest BCUT2D eigenvalue weighted by Gasteiger charge is 2.40. The van der Waals surface area contributed by atoms with Crippen LogP contribution in [0.3, 0.4) is 0 Å². The Bertz CT molecular complexity index is 779. The van der Waals surface area contributed by atoms with E-state index >= 15 is 0 Å². The quantitative estimate of drug-likeness (QED) is 0.238. The Labute approximate surface area is 224 Å². The van der Waals surface area contributed by atoms with Gasteiger partial charge in [0.15, 0.2) is 0 Å². The van der Waals surface area contributed by atoms with Gasteiger partial charge in [-0.05, 0) is 101 Å². The van der Waals surface area contributed by atoms with Crippen LogP contribution in [0.15, 0.2) is 73.9 Å². The maximum absolute atomic E-state index is 4.52. The van der Waals surface area contributed by atoms with Gasteiger partial charge in [-0.1, -0.05) is 74.6 Å². The molecule has 0 spiro atoms. The molecule has 2 nitrogen and oxygen atoms in total. The topological polar surface area (TPSA) is 6.48 Å². The van der Waals surface area contributed by atoms with Gasteiger partial charge < -0.3 is 9.80 Å². The Balaban J connectivity index is 1.81. The van der Waals surface area contributed by atoms with Crippen molar-refractivity contribution in [3.05, 3.63) is 73.9 Å². The fourth-order valence-electron chi connectivity index (χ4n) is 6.87. The molecule has 0 radical (unpaired) electrons. The lowest BCUT2D eigenvalue weighted by atomic mass is 9.61. The van der Waals surface area contributed by atoms with Crippen LogP contribution < -0.4 is 0 Å². The molecule has 2 rings (SSSR count). The largest absolute Gasteiger partial charge is 0.301 e. The third-order valence-corrected chi connectivity index (χ3v) is 9.78. The Kier molecular flexibility index (Phi) is 10.8. The van der Waals surface area contributed by atoms with E-state index in [2.05, 4.69) is 103 Å². The highest BCUT2D eigenvalue weighted by Crippen LogP contribution is 2.49. The molecule has 0 unspecified atom stereocenters. The SMILES string of the molecule is C=C[C@]1(C)CC[C@@H](C(=C)CN(C)CCN(C)CC(=C)[C@@H]2CC[C@@](C)(C=C)[C@H](C(=C)C)C2)C[C@H]1C(=C)C. The molecule has 0 amide bonds. The average Bonchev–Trinajstić information content (AvgIpc) is 2.82. The number of hydrogen-bond acceptors (Lipinski definition) is 2. The van der Waals surface area contributed by atoms with Gasteiger partial charge in [0, 0.05) is 26.2 Å². The van der Waals surface area contributed by atoms with E-state index in [0.717, 1.165) is 39.0 Å². The molecule has 36 heavy (non-hydrogen) atoms. The number of hydrogen-bond donors (Lipinski definition) is 0. The Morgan fingerprint density at radius 3 is 1.33 bits per heavy atom. The molecular formula is C34H56N2. The Hall–Kier alpha value is -1.64. The van der Waals surface area contributed by atoms with Crippen molar-refractivity contribution >= 4 is 0 Å². The molecule has 0 aliphatic heterocycles. The molecule has 2 aliphatic rings. The molecule has 0 aromatic carbocycles. The van der Waals surface area contributed by atoms with Gasteiger partial charge in [-0.15, -0.1) is 13.2 Å². The Morgan fingerprint density at radius 1 is 0.722 bits per heavy atom. The number of likely N-dealkylation sites (N-methyl/N-ethyl adjacent to an activating group) is 2. The first kappa shape index (κ1) is 30.6. The maximum Gasteiger partial charge on any atom is 0.0190 e. The summed E-state index contributed by atoms with van der Waals surface area (Å²) in [7, 11) is 4.46. The van der Waals surface area contributed by atoms with Crippen LogP contribution in [0, 0.1) is 34.5 Å². The van der Waals surface area contributed by atoms with E-state index in [1.54, 1.807) is 0 Å². The second-order valence-electron chi connectivity index (χ2n) is 13.0. The predicted molar refractivity (Wildman–Crippen MR) is 161 cm³/mol. The van der Waals surface area contributed by atoms with E-state index in [-0.39, 0.29) is 10.8 Å². The fraction of sp³-hybridized carbons (Fsp3) is 0.647.